The summed E-state index contributed by atoms with van der Waals surface area (Å²) in [5.74, 6) is -1.50. The Kier molecular flexibility index (Phi) is 5.92. The van der Waals surface area contributed by atoms with E-state index in [1.807, 2.05) is 0 Å². The normalized spacial score (nSPS) is 28.7. The molecule has 0 spiro atoms. The number of alkyl halides is 3. The van der Waals surface area contributed by atoms with E-state index in [1.54, 1.807) is 0 Å². The van der Waals surface area contributed by atoms with Crippen LogP contribution in [-0.4, -0.2) is 42.7 Å². The van der Waals surface area contributed by atoms with Crippen molar-refractivity contribution >= 4 is 18.3 Å². The molecule has 2 rings (SSSR count). The molecular formula is C12H20ClF3N2O. The fraction of sp³-hybridized carbons (Fsp3) is 0.917. The standard InChI is InChI=1S/C12H19F3N2O.ClH/c13-12(14,15)9-4-3-7-17(8-9)11(18)10-5-1-2-6-16-10;/h9-10,16H,1-8H2;1H. The van der Waals surface area contributed by atoms with Gasteiger partial charge in [0.05, 0.1) is 12.0 Å². The second-order valence-electron chi connectivity index (χ2n) is 5.17. The Bertz CT molecular complexity index is 306. The number of hydrogen-bond donors (Lipinski definition) is 1. The molecule has 112 valence electrons. The highest BCUT2D eigenvalue weighted by atomic mass is 35.5. The average molecular weight is 301 g/mol. The molecule has 2 aliphatic rings. The molecule has 2 fully saturated rings. The summed E-state index contributed by atoms with van der Waals surface area (Å²) in [4.78, 5) is 13.5. The first-order chi connectivity index (χ1) is 8.48. The van der Waals surface area contributed by atoms with Gasteiger partial charge < -0.3 is 10.2 Å². The minimum Gasteiger partial charge on any atom is -0.341 e. The monoisotopic (exact) mass is 300 g/mol. The molecule has 2 unspecified atom stereocenters. The van der Waals surface area contributed by atoms with Crippen LogP contribution in [0.4, 0.5) is 13.2 Å². The number of nitrogens with zero attached hydrogens (tertiary/aromatic N) is 1. The molecule has 1 amide bonds. The van der Waals surface area contributed by atoms with Gasteiger partial charge in [-0.3, -0.25) is 4.79 Å². The fourth-order valence-corrected chi connectivity index (χ4v) is 2.73. The predicted octanol–water partition coefficient (Wildman–Crippen LogP) is 2.35. The zero-order chi connectivity index (χ0) is 13.2. The zero-order valence-corrected chi connectivity index (χ0v) is 11.5. The van der Waals surface area contributed by atoms with E-state index < -0.39 is 12.1 Å². The maximum atomic E-state index is 12.7. The molecule has 19 heavy (non-hydrogen) atoms. The molecule has 0 saturated carbocycles. The Labute approximate surface area is 117 Å². The van der Waals surface area contributed by atoms with Crippen LogP contribution in [0.25, 0.3) is 0 Å². The van der Waals surface area contributed by atoms with Gasteiger partial charge in [-0.05, 0) is 32.2 Å². The highest BCUT2D eigenvalue weighted by Gasteiger charge is 2.43. The second-order valence-corrected chi connectivity index (χ2v) is 5.17. The van der Waals surface area contributed by atoms with Gasteiger partial charge in [-0.1, -0.05) is 6.42 Å². The number of hydrogen-bond acceptors (Lipinski definition) is 2. The van der Waals surface area contributed by atoms with Crippen LogP contribution < -0.4 is 5.32 Å². The lowest BCUT2D eigenvalue weighted by Crippen LogP contribution is -2.52. The molecule has 0 aromatic rings. The van der Waals surface area contributed by atoms with Crippen molar-refractivity contribution in [2.24, 2.45) is 5.92 Å². The maximum absolute atomic E-state index is 12.7. The van der Waals surface area contributed by atoms with Crippen LogP contribution in [-0.2, 0) is 4.79 Å². The lowest BCUT2D eigenvalue weighted by Gasteiger charge is -2.36. The van der Waals surface area contributed by atoms with E-state index in [2.05, 4.69) is 5.32 Å². The largest absolute Gasteiger partial charge is 0.393 e. The van der Waals surface area contributed by atoms with Crippen LogP contribution in [0.5, 0.6) is 0 Å². The molecule has 0 radical (unpaired) electrons. The quantitative estimate of drug-likeness (QED) is 0.806. The van der Waals surface area contributed by atoms with Crippen LogP contribution in [0.3, 0.4) is 0 Å². The Balaban J connectivity index is 0.00000180. The average Bonchev–Trinajstić information content (AvgIpc) is 2.38. The summed E-state index contributed by atoms with van der Waals surface area (Å²) >= 11 is 0. The van der Waals surface area contributed by atoms with Gasteiger partial charge in [0.2, 0.25) is 5.91 Å². The number of likely N-dealkylation sites (tertiary alicyclic amines) is 1. The number of carbonyl (C=O) groups is 1. The number of rotatable bonds is 1. The van der Waals surface area contributed by atoms with Gasteiger partial charge in [0.15, 0.2) is 0 Å². The van der Waals surface area contributed by atoms with Gasteiger partial charge in [-0.15, -0.1) is 12.4 Å². The first-order valence-electron chi connectivity index (χ1n) is 6.57. The third-order valence-corrected chi connectivity index (χ3v) is 3.80. The summed E-state index contributed by atoms with van der Waals surface area (Å²) in [7, 11) is 0. The minimum absolute atomic E-state index is 0. The van der Waals surface area contributed by atoms with Gasteiger partial charge in [0.25, 0.3) is 0 Å². The molecular weight excluding hydrogens is 281 g/mol. The van der Waals surface area contributed by atoms with E-state index >= 15 is 0 Å². The van der Waals surface area contributed by atoms with Crippen molar-refractivity contribution in [1.29, 1.82) is 0 Å². The van der Waals surface area contributed by atoms with Crippen molar-refractivity contribution in [1.82, 2.24) is 10.2 Å². The topological polar surface area (TPSA) is 32.3 Å². The first kappa shape index (κ1) is 16.6. The Morgan fingerprint density at radius 1 is 1.16 bits per heavy atom. The summed E-state index contributed by atoms with van der Waals surface area (Å²) < 4.78 is 38.0. The molecule has 0 aromatic carbocycles. The van der Waals surface area contributed by atoms with Crippen molar-refractivity contribution in [2.45, 2.75) is 44.3 Å². The first-order valence-corrected chi connectivity index (χ1v) is 6.57. The summed E-state index contributed by atoms with van der Waals surface area (Å²) in [6.07, 6.45) is -0.839. The highest BCUT2D eigenvalue weighted by molar-refractivity contribution is 5.85. The van der Waals surface area contributed by atoms with Gasteiger partial charge in [0.1, 0.15) is 0 Å². The van der Waals surface area contributed by atoms with Crippen molar-refractivity contribution in [3.8, 4) is 0 Å². The van der Waals surface area contributed by atoms with Gasteiger partial charge in [-0.2, -0.15) is 13.2 Å². The van der Waals surface area contributed by atoms with Crippen molar-refractivity contribution < 1.29 is 18.0 Å². The van der Waals surface area contributed by atoms with Gasteiger partial charge in [-0.25, -0.2) is 0 Å². The third-order valence-electron chi connectivity index (χ3n) is 3.80. The summed E-state index contributed by atoms with van der Waals surface area (Å²) in [6.45, 7) is 1.08. The minimum atomic E-state index is -4.18. The van der Waals surface area contributed by atoms with E-state index in [0.717, 1.165) is 25.8 Å². The van der Waals surface area contributed by atoms with E-state index in [1.165, 1.54) is 4.90 Å². The molecule has 0 aromatic heterocycles. The van der Waals surface area contributed by atoms with Crippen molar-refractivity contribution in [3.63, 3.8) is 0 Å². The molecule has 1 N–H and O–H groups in total. The molecule has 3 nitrogen and oxygen atoms in total. The van der Waals surface area contributed by atoms with Crippen molar-refractivity contribution in [2.75, 3.05) is 19.6 Å². The Morgan fingerprint density at radius 2 is 1.89 bits per heavy atom. The Morgan fingerprint density at radius 3 is 2.47 bits per heavy atom. The molecule has 0 bridgehead atoms. The maximum Gasteiger partial charge on any atom is 0.393 e. The molecule has 2 heterocycles. The summed E-state index contributed by atoms with van der Waals surface area (Å²) in [5, 5.41) is 3.10. The molecule has 0 aliphatic carbocycles. The number of piperidine rings is 2. The lowest BCUT2D eigenvalue weighted by molar-refractivity contribution is -0.188. The number of carbonyl (C=O) groups excluding carboxylic acids is 1. The van der Waals surface area contributed by atoms with Crippen LogP contribution in [0.15, 0.2) is 0 Å². The predicted molar refractivity (Wildman–Crippen MR) is 68.2 cm³/mol. The van der Waals surface area contributed by atoms with E-state index in [0.29, 0.717) is 13.0 Å². The smallest absolute Gasteiger partial charge is 0.341 e. The van der Waals surface area contributed by atoms with Crippen LogP contribution >= 0.6 is 12.4 Å². The summed E-state index contributed by atoms with van der Waals surface area (Å²) in [6, 6.07) is -0.272. The summed E-state index contributed by atoms with van der Waals surface area (Å²) in [5.41, 5.74) is 0. The van der Waals surface area contributed by atoms with Gasteiger partial charge >= 0.3 is 6.18 Å². The molecule has 2 saturated heterocycles. The molecule has 2 atom stereocenters. The van der Waals surface area contributed by atoms with Crippen LogP contribution in [0, 0.1) is 5.92 Å². The zero-order valence-electron chi connectivity index (χ0n) is 10.7. The lowest BCUT2D eigenvalue weighted by atomic mass is 9.96. The molecule has 7 heteroatoms. The Hall–Kier alpha value is -0.490. The number of amides is 1. The van der Waals surface area contributed by atoms with E-state index in [-0.39, 0.29) is 37.3 Å². The fourth-order valence-electron chi connectivity index (χ4n) is 2.73. The number of halogens is 4. The molecule has 2 aliphatic heterocycles. The van der Waals surface area contributed by atoms with Crippen LogP contribution in [0.1, 0.15) is 32.1 Å². The third kappa shape index (κ3) is 4.24. The highest BCUT2D eigenvalue weighted by Crippen LogP contribution is 2.33. The van der Waals surface area contributed by atoms with E-state index in [9.17, 15) is 18.0 Å². The van der Waals surface area contributed by atoms with Gasteiger partial charge in [0, 0.05) is 13.1 Å². The van der Waals surface area contributed by atoms with Crippen molar-refractivity contribution in [3.05, 3.63) is 0 Å². The van der Waals surface area contributed by atoms with E-state index in [4.69, 9.17) is 0 Å². The van der Waals surface area contributed by atoms with Crippen LogP contribution in [0.2, 0.25) is 0 Å². The SMILES string of the molecule is Cl.O=C(C1CCCCN1)N1CCCC(C(F)(F)F)C1. The second kappa shape index (κ2) is 6.79. The number of nitrogens with one attached hydrogen (secondary N) is 1.